The third-order valence-corrected chi connectivity index (χ3v) is 0.526. The van der Waals surface area contributed by atoms with Crippen molar-refractivity contribution in [2.75, 3.05) is 7.11 Å². The summed E-state index contributed by atoms with van der Waals surface area (Å²) in [6, 6.07) is 0. The van der Waals surface area contributed by atoms with Crippen molar-refractivity contribution in [2.45, 2.75) is 12.5 Å². The average molecular weight is 242 g/mol. The summed E-state index contributed by atoms with van der Waals surface area (Å²) in [5, 5.41) is 0. The first-order valence-corrected chi connectivity index (χ1v) is 3.72. The van der Waals surface area contributed by atoms with Crippen LogP contribution in [0.5, 0.6) is 0 Å². The van der Waals surface area contributed by atoms with Crippen molar-refractivity contribution in [2.24, 2.45) is 0 Å². The SMILES string of the molecule is COC(F)(F)C(F)F.O=S(=O)([O-])[O-].[Li+].[Li+]. The average Bonchev–Trinajstić information content (AvgIpc) is 1.83. The Bertz CT molecular complexity index is 224. The Morgan fingerprint density at radius 2 is 1.40 bits per heavy atom. The van der Waals surface area contributed by atoms with E-state index in [1.807, 2.05) is 0 Å². The molecule has 0 rings (SSSR count). The zero-order chi connectivity index (χ0) is 11.3. The van der Waals surface area contributed by atoms with Crippen LogP contribution in [-0.2, 0) is 15.1 Å². The fourth-order valence-corrected chi connectivity index (χ4v) is 0.0891. The van der Waals surface area contributed by atoms with Crippen molar-refractivity contribution >= 4 is 10.4 Å². The number of alkyl halides is 4. The van der Waals surface area contributed by atoms with Gasteiger partial charge in [-0.1, -0.05) is 0 Å². The number of hydrogen-bond acceptors (Lipinski definition) is 5. The first kappa shape index (κ1) is 24.8. The van der Waals surface area contributed by atoms with Crippen molar-refractivity contribution in [3.63, 3.8) is 0 Å². The zero-order valence-corrected chi connectivity index (χ0v) is 8.86. The van der Waals surface area contributed by atoms with Crippen molar-refractivity contribution in [3.8, 4) is 0 Å². The molecule has 5 nitrogen and oxygen atoms in total. The second kappa shape index (κ2) is 9.93. The molecule has 0 saturated heterocycles. The van der Waals surface area contributed by atoms with E-state index in [1.165, 1.54) is 0 Å². The molecule has 0 heterocycles. The number of methoxy groups -OCH3 is 1. The Kier molecular flexibility index (Phi) is 16.4. The van der Waals surface area contributed by atoms with Gasteiger partial charge in [-0.25, -0.2) is 8.78 Å². The van der Waals surface area contributed by atoms with Crippen LogP contribution < -0.4 is 37.7 Å². The molecule has 0 radical (unpaired) electrons. The molecule has 0 atom stereocenters. The molecular formula is C3H4F4Li2O5S. The zero-order valence-electron chi connectivity index (χ0n) is 8.04. The van der Waals surface area contributed by atoms with Gasteiger partial charge in [-0.3, -0.25) is 8.42 Å². The molecule has 12 heteroatoms. The van der Waals surface area contributed by atoms with Gasteiger partial charge in [0, 0.05) is 17.5 Å². The molecule has 0 aromatic heterocycles. The maximum atomic E-state index is 11.3. The Labute approximate surface area is 107 Å². The Balaban J connectivity index is -0.0000000770. The second-order valence-electron chi connectivity index (χ2n) is 1.47. The quantitative estimate of drug-likeness (QED) is 0.208. The molecule has 0 aliphatic rings. The second-order valence-corrected chi connectivity index (χ2v) is 2.29. The molecule has 0 unspecified atom stereocenters. The maximum Gasteiger partial charge on any atom is 1.00 e. The summed E-state index contributed by atoms with van der Waals surface area (Å²) in [6.45, 7) is 0. The molecule has 0 aromatic rings. The molecule has 0 spiro atoms. The Hall–Kier alpha value is 0.745. The van der Waals surface area contributed by atoms with Crippen molar-refractivity contribution in [1.82, 2.24) is 0 Å². The van der Waals surface area contributed by atoms with E-state index in [-0.39, 0.29) is 37.7 Å². The molecule has 0 bridgehead atoms. The summed E-state index contributed by atoms with van der Waals surface area (Å²) < 4.78 is 81.7. The van der Waals surface area contributed by atoms with E-state index in [0.29, 0.717) is 7.11 Å². The van der Waals surface area contributed by atoms with Gasteiger partial charge in [-0.05, 0) is 0 Å². The van der Waals surface area contributed by atoms with E-state index in [1.54, 1.807) is 0 Å². The van der Waals surface area contributed by atoms with E-state index < -0.39 is 22.9 Å². The van der Waals surface area contributed by atoms with E-state index in [4.69, 9.17) is 17.5 Å². The van der Waals surface area contributed by atoms with Crippen LogP contribution in [0.15, 0.2) is 0 Å². The van der Waals surface area contributed by atoms with Crippen LogP contribution in [0.2, 0.25) is 0 Å². The van der Waals surface area contributed by atoms with Gasteiger partial charge in [0.15, 0.2) is 0 Å². The monoisotopic (exact) mass is 242 g/mol. The van der Waals surface area contributed by atoms with Crippen molar-refractivity contribution in [1.29, 1.82) is 0 Å². The maximum absolute atomic E-state index is 11.3. The molecule has 0 aromatic carbocycles. The van der Waals surface area contributed by atoms with Crippen LogP contribution in [0, 0.1) is 0 Å². The van der Waals surface area contributed by atoms with Gasteiger partial charge in [0.25, 0.3) is 0 Å². The van der Waals surface area contributed by atoms with Crippen LogP contribution >= 0.6 is 0 Å². The number of hydrogen-bond donors (Lipinski definition) is 0. The summed E-state index contributed by atoms with van der Waals surface area (Å²) >= 11 is 0. The van der Waals surface area contributed by atoms with Gasteiger partial charge in [0.05, 0.1) is 0 Å². The summed E-state index contributed by atoms with van der Waals surface area (Å²) in [6.07, 6.45) is -8.03. The van der Waals surface area contributed by atoms with Gasteiger partial charge in [0.1, 0.15) is 0 Å². The Morgan fingerprint density at radius 3 is 1.40 bits per heavy atom. The smallest absolute Gasteiger partial charge is 0.759 e. The summed E-state index contributed by atoms with van der Waals surface area (Å²) in [7, 11) is -4.65. The third-order valence-electron chi connectivity index (χ3n) is 0.526. The Morgan fingerprint density at radius 1 is 1.20 bits per heavy atom. The normalized spacial score (nSPS) is 10.7. The predicted molar refractivity (Wildman–Crippen MR) is 28.4 cm³/mol. The third kappa shape index (κ3) is 25.2. The summed E-state index contributed by atoms with van der Waals surface area (Å²) in [5.41, 5.74) is 0. The molecule has 0 N–H and O–H groups in total. The van der Waals surface area contributed by atoms with Crippen molar-refractivity contribution in [3.05, 3.63) is 0 Å². The van der Waals surface area contributed by atoms with Crippen molar-refractivity contribution < 1.29 is 77.5 Å². The molecular weight excluding hydrogens is 238 g/mol. The van der Waals surface area contributed by atoms with Gasteiger partial charge in [-0.15, -0.1) is 0 Å². The van der Waals surface area contributed by atoms with Gasteiger partial charge < -0.3 is 13.8 Å². The van der Waals surface area contributed by atoms with Crippen LogP contribution in [0.3, 0.4) is 0 Å². The summed E-state index contributed by atoms with van der Waals surface area (Å²) in [5.74, 6) is 0. The molecule has 0 saturated carbocycles. The fourth-order valence-electron chi connectivity index (χ4n) is 0.0891. The first-order chi connectivity index (χ1) is 5.50. The fraction of sp³-hybridized carbons (Fsp3) is 1.00. The van der Waals surface area contributed by atoms with Crippen LogP contribution in [0.4, 0.5) is 17.6 Å². The van der Waals surface area contributed by atoms with Crippen LogP contribution in [0.1, 0.15) is 0 Å². The van der Waals surface area contributed by atoms with E-state index >= 15 is 0 Å². The van der Waals surface area contributed by atoms with Gasteiger partial charge >= 0.3 is 50.3 Å². The first-order valence-electron chi connectivity index (χ1n) is 2.38. The minimum absolute atomic E-state index is 0. The largest absolute Gasteiger partial charge is 1.00 e. The van der Waals surface area contributed by atoms with Gasteiger partial charge in [0.2, 0.25) is 0 Å². The molecule has 0 aliphatic heterocycles. The van der Waals surface area contributed by atoms with Gasteiger partial charge in [-0.2, -0.15) is 8.78 Å². The summed E-state index contributed by atoms with van der Waals surface area (Å²) in [4.78, 5) is 0. The molecule has 0 amide bonds. The number of rotatable bonds is 2. The van der Waals surface area contributed by atoms with Crippen LogP contribution in [-0.4, -0.2) is 37.2 Å². The van der Waals surface area contributed by atoms with Crippen LogP contribution in [0.25, 0.3) is 0 Å². The molecule has 0 aliphatic carbocycles. The minimum Gasteiger partial charge on any atom is -0.759 e. The molecule has 0 fully saturated rings. The van der Waals surface area contributed by atoms with E-state index in [9.17, 15) is 17.6 Å². The topological polar surface area (TPSA) is 89.5 Å². The number of ether oxygens (including phenoxy) is 1. The standard InChI is InChI=1S/C3H4F4O.2Li.H2O4S/c1-8-3(6,7)2(4)5;;;1-5(2,3)4/h2H,1H3;;;(H2,1,2,3,4)/q;2*+1;/p-2. The molecule has 82 valence electrons. The molecule has 15 heavy (non-hydrogen) atoms. The predicted octanol–water partition coefficient (Wildman–Crippen LogP) is -5.84. The number of halogens is 4. The van der Waals surface area contributed by atoms with E-state index in [2.05, 4.69) is 4.74 Å². The minimum atomic E-state index is -5.17. The van der Waals surface area contributed by atoms with E-state index in [0.717, 1.165) is 0 Å².